The van der Waals surface area contributed by atoms with Crippen LogP contribution in [0.25, 0.3) is 0 Å². The smallest absolute Gasteiger partial charge is 0.471 e. The Labute approximate surface area is 98.2 Å². The van der Waals surface area contributed by atoms with Gasteiger partial charge in [-0.2, -0.15) is 13.2 Å². The molecule has 0 aliphatic rings. The summed E-state index contributed by atoms with van der Waals surface area (Å²) < 4.78 is 49.1. The Morgan fingerprint density at radius 3 is 2.28 bits per heavy atom. The first-order valence-electron chi connectivity index (χ1n) is 4.54. The minimum Gasteiger partial charge on any atom is -0.478 e. The van der Waals surface area contributed by atoms with Crippen molar-refractivity contribution in [3.05, 3.63) is 29.1 Å². The highest BCUT2D eigenvalue weighted by molar-refractivity contribution is 6.02. The number of carboxylic acid groups (broad SMARTS) is 1. The number of nitrogens with one attached hydrogen (secondary N) is 1. The van der Waals surface area contributed by atoms with Crippen molar-refractivity contribution in [2.24, 2.45) is 0 Å². The van der Waals surface area contributed by atoms with Crippen molar-refractivity contribution in [3.8, 4) is 0 Å². The van der Waals surface area contributed by atoms with E-state index in [2.05, 4.69) is 0 Å². The van der Waals surface area contributed by atoms with Crippen LogP contribution in [0.2, 0.25) is 0 Å². The largest absolute Gasteiger partial charge is 0.478 e. The summed E-state index contributed by atoms with van der Waals surface area (Å²) in [5, 5.41) is 10.1. The number of amides is 1. The Morgan fingerprint density at radius 2 is 1.83 bits per heavy atom. The molecule has 0 spiro atoms. The summed E-state index contributed by atoms with van der Waals surface area (Å²) in [6.45, 7) is 1.23. The van der Waals surface area contributed by atoms with Gasteiger partial charge in [-0.1, -0.05) is 0 Å². The summed E-state index contributed by atoms with van der Waals surface area (Å²) in [4.78, 5) is 21.4. The highest BCUT2D eigenvalue weighted by Crippen LogP contribution is 2.23. The maximum absolute atomic E-state index is 13.1. The highest BCUT2D eigenvalue weighted by Gasteiger charge is 2.39. The second kappa shape index (κ2) is 4.63. The summed E-state index contributed by atoms with van der Waals surface area (Å²) in [5.41, 5.74) is -1.45. The second-order valence-electron chi connectivity index (χ2n) is 3.40. The molecule has 1 aromatic rings. The molecule has 0 aliphatic carbocycles. The Morgan fingerprint density at radius 1 is 1.28 bits per heavy atom. The molecule has 0 unspecified atom stereocenters. The third-order valence-electron chi connectivity index (χ3n) is 2.03. The SMILES string of the molecule is Cc1cc(NC(=O)C(F)(F)F)c(C(=O)O)cc1F. The average Bonchev–Trinajstić information content (AvgIpc) is 2.21. The van der Waals surface area contributed by atoms with Crippen molar-refractivity contribution in [1.82, 2.24) is 0 Å². The lowest BCUT2D eigenvalue weighted by atomic mass is 10.1. The van der Waals surface area contributed by atoms with Crippen LogP contribution < -0.4 is 5.32 Å². The molecule has 1 amide bonds. The second-order valence-corrected chi connectivity index (χ2v) is 3.40. The zero-order chi connectivity index (χ0) is 14.1. The van der Waals surface area contributed by atoms with E-state index in [9.17, 15) is 27.2 Å². The lowest BCUT2D eigenvalue weighted by molar-refractivity contribution is -0.167. The number of anilines is 1. The number of carbonyl (C=O) groups is 2. The fourth-order valence-electron chi connectivity index (χ4n) is 1.16. The molecule has 0 heterocycles. The van der Waals surface area contributed by atoms with Crippen molar-refractivity contribution in [2.45, 2.75) is 13.1 Å². The van der Waals surface area contributed by atoms with Gasteiger partial charge in [0.25, 0.3) is 0 Å². The minimum atomic E-state index is -5.15. The number of aromatic carboxylic acids is 1. The fourth-order valence-corrected chi connectivity index (χ4v) is 1.16. The van der Waals surface area contributed by atoms with Crippen molar-refractivity contribution >= 4 is 17.6 Å². The number of alkyl halides is 3. The van der Waals surface area contributed by atoms with Crippen LogP contribution in [0.1, 0.15) is 15.9 Å². The molecule has 1 aromatic carbocycles. The zero-order valence-electron chi connectivity index (χ0n) is 8.93. The molecule has 18 heavy (non-hydrogen) atoms. The first kappa shape index (κ1) is 13.9. The quantitative estimate of drug-likeness (QED) is 0.806. The molecular formula is C10H7F4NO3. The van der Waals surface area contributed by atoms with Crippen LogP contribution in [0.4, 0.5) is 23.2 Å². The van der Waals surface area contributed by atoms with Gasteiger partial charge in [-0.3, -0.25) is 4.79 Å². The topological polar surface area (TPSA) is 66.4 Å². The Balaban J connectivity index is 3.20. The van der Waals surface area contributed by atoms with Crippen LogP contribution in [-0.2, 0) is 4.79 Å². The molecule has 0 fully saturated rings. The average molecular weight is 265 g/mol. The van der Waals surface area contributed by atoms with Gasteiger partial charge in [-0.05, 0) is 24.6 Å². The van der Waals surface area contributed by atoms with E-state index in [0.29, 0.717) is 6.07 Å². The predicted octanol–water partition coefficient (Wildman–Crippen LogP) is 2.33. The maximum atomic E-state index is 13.1. The van der Waals surface area contributed by atoms with E-state index in [-0.39, 0.29) is 5.56 Å². The van der Waals surface area contributed by atoms with E-state index >= 15 is 0 Å². The van der Waals surface area contributed by atoms with Crippen LogP contribution in [0.15, 0.2) is 12.1 Å². The summed E-state index contributed by atoms with van der Waals surface area (Å²) in [6.07, 6.45) is -5.15. The number of rotatable bonds is 2. The molecule has 0 aromatic heterocycles. The standard InChI is InChI=1S/C10H7F4NO3/c1-4-2-7(15-9(18)10(12,13)14)5(8(16)17)3-6(4)11/h2-3H,1H3,(H,15,18)(H,16,17). The van der Waals surface area contributed by atoms with Gasteiger partial charge in [0, 0.05) is 0 Å². The number of halogens is 4. The first-order chi connectivity index (χ1) is 8.12. The first-order valence-corrected chi connectivity index (χ1v) is 4.54. The van der Waals surface area contributed by atoms with E-state index in [1.807, 2.05) is 0 Å². The molecule has 0 aliphatic heterocycles. The van der Waals surface area contributed by atoms with Crippen LogP contribution in [0.5, 0.6) is 0 Å². The van der Waals surface area contributed by atoms with Crippen LogP contribution >= 0.6 is 0 Å². The van der Waals surface area contributed by atoms with Crippen molar-refractivity contribution in [3.63, 3.8) is 0 Å². The van der Waals surface area contributed by atoms with Gasteiger partial charge in [-0.15, -0.1) is 0 Å². The molecular weight excluding hydrogens is 258 g/mol. The van der Waals surface area contributed by atoms with E-state index in [1.54, 1.807) is 0 Å². The molecule has 0 atom stereocenters. The summed E-state index contributed by atoms with van der Waals surface area (Å²) in [6, 6.07) is 1.37. The Hall–Kier alpha value is -2.12. The van der Waals surface area contributed by atoms with Gasteiger partial charge in [0.15, 0.2) is 0 Å². The summed E-state index contributed by atoms with van der Waals surface area (Å²) in [7, 11) is 0. The van der Waals surface area contributed by atoms with E-state index in [0.717, 1.165) is 6.07 Å². The van der Waals surface area contributed by atoms with Gasteiger partial charge >= 0.3 is 18.1 Å². The monoisotopic (exact) mass is 265 g/mol. The van der Waals surface area contributed by atoms with Crippen LogP contribution in [0, 0.1) is 12.7 Å². The fraction of sp³-hybridized carbons (Fsp3) is 0.200. The summed E-state index contributed by atoms with van der Waals surface area (Å²) >= 11 is 0. The summed E-state index contributed by atoms with van der Waals surface area (Å²) in [5.74, 6) is -4.86. The number of hydrogen-bond acceptors (Lipinski definition) is 2. The molecule has 0 saturated carbocycles. The molecule has 0 saturated heterocycles. The third-order valence-corrected chi connectivity index (χ3v) is 2.03. The van der Waals surface area contributed by atoms with Crippen molar-refractivity contribution in [1.29, 1.82) is 0 Å². The Bertz CT molecular complexity index is 511. The molecule has 8 heteroatoms. The number of aryl methyl sites for hydroxylation is 1. The molecule has 4 nitrogen and oxygen atoms in total. The van der Waals surface area contributed by atoms with Crippen LogP contribution in [0.3, 0.4) is 0 Å². The van der Waals surface area contributed by atoms with Crippen molar-refractivity contribution < 1.29 is 32.3 Å². The normalized spacial score (nSPS) is 11.2. The minimum absolute atomic E-state index is 0.0857. The van der Waals surface area contributed by atoms with Gasteiger partial charge in [-0.25, -0.2) is 9.18 Å². The van der Waals surface area contributed by atoms with Gasteiger partial charge in [0.2, 0.25) is 0 Å². The third kappa shape index (κ3) is 2.96. The number of benzene rings is 1. The van der Waals surface area contributed by atoms with Crippen molar-refractivity contribution in [2.75, 3.05) is 5.32 Å². The lowest BCUT2D eigenvalue weighted by Gasteiger charge is -2.11. The molecule has 2 N–H and O–H groups in total. The molecule has 0 radical (unpaired) electrons. The molecule has 98 valence electrons. The van der Waals surface area contributed by atoms with Crippen LogP contribution in [-0.4, -0.2) is 23.2 Å². The van der Waals surface area contributed by atoms with Gasteiger partial charge in [0.05, 0.1) is 11.3 Å². The number of carbonyl (C=O) groups excluding carboxylic acids is 1. The van der Waals surface area contributed by atoms with Gasteiger partial charge in [0.1, 0.15) is 5.82 Å². The van der Waals surface area contributed by atoms with E-state index in [1.165, 1.54) is 12.2 Å². The highest BCUT2D eigenvalue weighted by atomic mass is 19.4. The predicted molar refractivity (Wildman–Crippen MR) is 52.8 cm³/mol. The lowest BCUT2D eigenvalue weighted by Crippen LogP contribution is -2.30. The molecule has 1 rings (SSSR count). The number of hydrogen-bond donors (Lipinski definition) is 2. The Kier molecular flexibility index (Phi) is 3.59. The molecule has 0 bridgehead atoms. The van der Waals surface area contributed by atoms with E-state index < -0.39 is 35.1 Å². The van der Waals surface area contributed by atoms with Gasteiger partial charge < -0.3 is 10.4 Å². The number of carboxylic acids is 1. The maximum Gasteiger partial charge on any atom is 0.471 e. The van der Waals surface area contributed by atoms with E-state index in [4.69, 9.17) is 5.11 Å². The zero-order valence-corrected chi connectivity index (χ0v) is 8.93.